The average molecular weight is 359 g/mol. The summed E-state index contributed by atoms with van der Waals surface area (Å²) in [7, 11) is 0. The van der Waals surface area contributed by atoms with E-state index >= 15 is 0 Å². The van der Waals surface area contributed by atoms with Crippen LogP contribution in [-0.2, 0) is 6.42 Å². The molecule has 0 atom stereocenters. The lowest BCUT2D eigenvalue weighted by Crippen LogP contribution is -1.86. The fourth-order valence-corrected chi connectivity index (χ4v) is 2.82. The van der Waals surface area contributed by atoms with Crippen LogP contribution in [-0.4, -0.2) is 9.97 Å². The fraction of sp³-hybridized carbons (Fsp3) is 0.280. The van der Waals surface area contributed by atoms with E-state index in [-0.39, 0.29) is 0 Å². The number of fused-ring (bicyclic) bond motifs is 2. The fourth-order valence-electron chi connectivity index (χ4n) is 2.82. The van der Waals surface area contributed by atoms with Gasteiger partial charge in [-0.3, -0.25) is 9.97 Å². The normalized spacial score (nSPS) is 10.1. The Labute approximate surface area is 163 Å². The van der Waals surface area contributed by atoms with Crippen LogP contribution >= 0.6 is 0 Å². The smallest absolute Gasteiger partial charge is 0.0346 e. The Morgan fingerprint density at radius 3 is 2.00 bits per heavy atom. The van der Waals surface area contributed by atoms with Crippen LogP contribution < -0.4 is 0 Å². The SMILES string of the molecule is CC.CC(C)c1ccc2cnccc2c1.CCc1ccc2ccncc2c1. The van der Waals surface area contributed by atoms with Gasteiger partial charge in [0.25, 0.3) is 0 Å². The Morgan fingerprint density at radius 1 is 0.704 bits per heavy atom. The molecule has 140 valence electrons. The highest BCUT2D eigenvalue weighted by molar-refractivity contribution is 5.82. The van der Waals surface area contributed by atoms with Crippen LogP contribution in [0.15, 0.2) is 73.3 Å². The van der Waals surface area contributed by atoms with Crippen LogP contribution in [0.3, 0.4) is 0 Å². The summed E-state index contributed by atoms with van der Waals surface area (Å²) in [5.41, 5.74) is 2.76. The molecular formula is C25H30N2. The number of aromatic nitrogens is 2. The molecule has 0 fully saturated rings. The molecule has 2 aromatic carbocycles. The Hall–Kier alpha value is -2.74. The molecule has 27 heavy (non-hydrogen) atoms. The number of hydrogen-bond donors (Lipinski definition) is 0. The molecule has 0 spiro atoms. The van der Waals surface area contributed by atoms with Gasteiger partial charge in [0.15, 0.2) is 0 Å². The Balaban J connectivity index is 0.000000178. The van der Waals surface area contributed by atoms with E-state index in [2.05, 4.69) is 73.2 Å². The van der Waals surface area contributed by atoms with Gasteiger partial charge in [0, 0.05) is 35.6 Å². The van der Waals surface area contributed by atoms with Crippen LogP contribution in [0.1, 0.15) is 51.7 Å². The third kappa shape index (κ3) is 5.62. The third-order valence-corrected chi connectivity index (χ3v) is 4.44. The molecule has 4 rings (SSSR count). The number of rotatable bonds is 2. The van der Waals surface area contributed by atoms with Crippen molar-refractivity contribution < 1.29 is 0 Å². The maximum atomic E-state index is 4.09. The molecule has 0 saturated heterocycles. The zero-order valence-electron chi connectivity index (χ0n) is 17.1. The summed E-state index contributed by atoms with van der Waals surface area (Å²) in [5, 5.41) is 4.99. The van der Waals surface area contributed by atoms with Gasteiger partial charge in [-0.05, 0) is 52.4 Å². The van der Waals surface area contributed by atoms with Gasteiger partial charge < -0.3 is 0 Å². The monoisotopic (exact) mass is 358 g/mol. The molecular weight excluding hydrogens is 328 g/mol. The molecule has 0 aliphatic heterocycles. The number of aryl methyl sites for hydroxylation is 1. The van der Waals surface area contributed by atoms with Gasteiger partial charge in [-0.15, -0.1) is 0 Å². The largest absolute Gasteiger partial charge is 0.264 e. The highest BCUT2D eigenvalue weighted by Crippen LogP contribution is 2.20. The van der Waals surface area contributed by atoms with Crippen molar-refractivity contribution in [2.24, 2.45) is 0 Å². The van der Waals surface area contributed by atoms with E-state index in [9.17, 15) is 0 Å². The summed E-state index contributed by atoms with van der Waals surface area (Å²) in [6.45, 7) is 10.6. The van der Waals surface area contributed by atoms with E-state index in [1.54, 1.807) is 0 Å². The third-order valence-electron chi connectivity index (χ3n) is 4.44. The van der Waals surface area contributed by atoms with Crippen molar-refractivity contribution in [3.8, 4) is 0 Å². The highest BCUT2D eigenvalue weighted by atomic mass is 14.6. The maximum Gasteiger partial charge on any atom is 0.0346 e. The van der Waals surface area contributed by atoms with Gasteiger partial charge in [0.2, 0.25) is 0 Å². The molecule has 2 heteroatoms. The van der Waals surface area contributed by atoms with Crippen molar-refractivity contribution in [2.75, 3.05) is 0 Å². The van der Waals surface area contributed by atoms with Crippen LogP contribution in [0.2, 0.25) is 0 Å². The molecule has 0 aliphatic rings. The molecule has 0 bridgehead atoms. The molecule has 0 N–H and O–H groups in total. The first kappa shape index (κ1) is 20.6. The number of hydrogen-bond acceptors (Lipinski definition) is 2. The molecule has 0 amide bonds. The molecule has 0 unspecified atom stereocenters. The second kappa shape index (κ2) is 10.4. The maximum absolute atomic E-state index is 4.09. The first-order valence-electron chi connectivity index (χ1n) is 9.83. The lowest BCUT2D eigenvalue weighted by Gasteiger charge is -2.05. The van der Waals surface area contributed by atoms with Crippen LogP contribution in [0, 0.1) is 0 Å². The van der Waals surface area contributed by atoms with Gasteiger partial charge in [-0.1, -0.05) is 65.0 Å². The van der Waals surface area contributed by atoms with Gasteiger partial charge >= 0.3 is 0 Å². The molecule has 0 radical (unpaired) electrons. The van der Waals surface area contributed by atoms with Crippen molar-refractivity contribution in [3.05, 3.63) is 84.4 Å². The minimum Gasteiger partial charge on any atom is -0.264 e. The molecule has 0 aliphatic carbocycles. The van der Waals surface area contributed by atoms with Crippen molar-refractivity contribution in [1.82, 2.24) is 9.97 Å². The van der Waals surface area contributed by atoms with Gasteiger partial charge in [0.05, 0.1) is 0 Å². The summed E-state index contributed by atoms with van der Waals surface area (Å²) in [6.07, 6.45) is 8.57. The van der Waals surface area contributed by atoms with E-state index in [0.29, 0.717) is 5.92 Å². The molecule has 2 nitrogen and oxygen atoms in total. The van der Waals surface area contributed by atoms with Crippen LogP contribution in [0.4, 0.5) is 0 Å². The first-order valence-corrected chi connectivity index (χ1v) is 9.83. The predicted octanol–water partition coefficient (Wildman–Crippen LogP) is 7.18. The second-order valence-electron chi connectivity index (χ2n) is 6.55. The lowest BCUT2D eigenvalue weighted by atomic mass is 10.0. The van der Waals surface area contributed by atoms with Gasteiger partial charge in [0.1, 0.15) is 0 Å². The van der Waals surface area contributed by atoms with E-state index in [4.69, 9.17) is 0 Å². The summed E-state index contributed by atoms with van der Waals surface area (Å²) >= 11 is 0. The van der Waals surface area contributed by atoms with Gasteiger partial charge in [-0.2, -0.15) is 0 Å². The molecule has 4 aromatic rings. The highest BCUT2D eigenvalue weighted by Gasteiger charge is 1.99. The molecule has 2 heterocycles. The Bertz CT molecular complexity index is 974. The van der Waals surface area contributed by atoms with Crippen molar-refractivity contribution >= 4 is 21.5 Å². The Kier molecular flexibility index (Phi) is 7.94. The minimum absolute atomic E-state index is 0.595. The first-order chi connectivity index (χ1) is 13.2. The average Bonchev–Trinajstić information content (AvgIpc) is 2.75. The quantitative estimate of drug-likeness (QED) is 0.379. The summed E-state index contributed by atoms with van der Waals surface area (Å²) in [6, 6.07) is 17.2. The van der Waals surface area contributed by atoms with E-state index in [1.165, 1.54) is 32.7 Å². The van der Waals surface area contributed by atoms with Crippen molar-refractivity contribution in [2.45, 2.75) is 47.0 Å². The van der Waals surface area contributed by atoms with E-state index in [0.717, 1.165) is 6.42 Å². The Morgan fingerprint density at radius 2 is 1.33 bits per heavy atom. The number of nitrogens with zero attached hydrogens (tertiary/aromatic N) is 2. The van der Waals surface area contributed by atoms with E-state index in [1.807, 2.05) is 44.7 Å². The van der Waals surface area contributed by atoms with Crippen molar-refractivity contribution in [1.29, 1.82) is 0 Å². The molecule has 0 saturated carbocycles. The number of pyridine rings is 2. The zero-order chi connectivity index (χ0) is 19.6. The lowest BCUT2D eigenvalue weighted by molar-refractivity contribution is 0.869. The number of benzene rings is 2. The van der Waals surface area contributed by atoms with Crippen molar-refractivity contribution in [3.63, 3.8) is 0 Å². The summed E-state index contributed by atoms with van der Waals surface area (Å²) in [4.78, 5) is 8.18. The summed E-state index contributed by atoms with van der Waals surface area (Å²) in [5.74, 6) is 0.595. The standard InChI is InChI=1S/C12H13N.C11H11N.C2H6/c1-9(2)10-3-4-12-8-13-6-5-11(12)7-10;1-2-9-3-4-10-5-6-12-8-11(10)7-9;1-2/h3-9H,1-2H3;3-8H,2H2,1H3;1-2H3. The minimum atomic E-state index is 0.595. The van der Waals surface area contributed by atoms with E-state index < -0.39 is 0 Å². The van der Waals surface area contributed by atoms with Crippen LogP contribution in [0.5, 0.6) is 0 Å². The topological polar surface area (TPSA) is 25.8 Å². The summed E-state index contributed by atoms with van der Waals surface area (Å²) < 4.78 is 0. The van der Waals surface area contributed by atoms with Gasteiger partial charge in [-0.25, -0.2) is 0 Å². The van der Waals surface area contributed by atoms with Crippen LogP contribution in [0.25, 0.3) is 21.5 Å². The molecule has 2 aromatic heterocycles. The second-order valence-corrected chi connectivity index (χ2v) is 6.55. The predicted molar refractivity (Wildman–Crippen MR) is 118 cm³/mol. The zero-order valence-corrected chi connectivity index (χ0v) is 17.1.